The lowest BCUT2D eigenvalue weighted by Gasteiger charge is -1.96. The maximum absolute atomic E-state index is 10.4. The highest BCUT2D eigenvalue weighted by Gasteiger charge is 2.15. The van der Waals surface area contributed by atoms with Crippen LogP contribution in [0.5, 0.6) is 5.75 Å². The molecule has 0 bridgehead atoms. The number of benzene rings is 1. The van der Waals surface area contributed by atoms with Gasteiger partial charge in [0.1, 0.15) is 0 Å². The summed E-state index contributed by atoms with van der Waals surface area (Å²) in [6.07, 6.45) is 0. The molecule has 0 fully saturated rings. The Morgan fingerprint density at radius 3 is 2.85 bits per heavy atom. The molecule has 0 amide bonds. The van der Waals surface area contributed by atoms with E-state index in [0.29, 0.717) is 5.39 Å². The Kier molecular flexibility index (Phi) is 1.66. The predicted octanol–water partition coefficient (Wildman–Crippen LogP) is 2.52. The van der Waals surface area contributed by atoms with E-state index >= 15 is 0 Å². The van der Waals surface area contributed by atoms with Crippen molar-refractivity contribution >= 4 is 27.1 Å². The van der Waals surface area contributed by atoms with Gasteiger partial charge in [0.05, 0.1) is 4.92 Å². The van der Waals surface area contributed by atoms with Crippen LogP contribution in [0.3, 0.4) is 0 Å². The molecule has 2 aromatic rings. The minimum absolute atomic E-state index is 0.245. The molecule has 0 radical (unpaired) electrons. The van der Waals surface area contributed by atoms with Crippen LogP contribution in [-0.2, 0) is 0 Å². The second-order valence-electron chi connectivity index (χ2n) is 2.52. The van der Waals surface area contributed by atoms with Gasteiger partial charge in [-0.15, -0.1) is 11.3 Å². The number of fused-ring (bicyclic) bond motifs is 1. The number of rotatable bonds is 1. The smallest absolute Gasteiger partial charge is 0.311 e. The summed E-state index contributed by atoms with van der Waals surface area (Å²) in [6, 6.07) is 4.62. The van der Waals surface area contributed by atoms with Gasteiger partial charge in [-0.2, -0.15) is 0 Å². The summed E-state index contributed by atoms with van der Waals surface area (Å²) in [7, 11) is 0. The summed E-state index contributed by atoms with van der Waals surface area (Å²) >= 11 is 1.44. The number of nitrogens with zero attached hydrogens (tertiary/aromatic N) is 1. The van der Waals surface area contributed by atoms with Crippen LogP contribution in [0.1, 0.15) is 0 Å². The van der Waals surface area contributed by atoms with Gasteiger partial charge in [-0.25, -0.2) is 0 Å². The van der Waals surface area contributed by atoms with E-state index in [4.69, 9.17) is 0 Å². The molecule has 2 rings (SSSR count). The molecule has 0 aliphatic carbocycles. The number of aromatic hydroxyl groups is 1. The Bertz CT molecular complexity index is 477. The fourth-order valence-electron chi connectivity index (χ4n) is 1.16. The average molecular weight is 195 g/mol. The van der Waals surface area contributed by atoms with Gasteiger partial charge in [0, 0.05) is 16.2 Å². The highest BCUT2D eigenvalue weighted by Crippen LogP contribution is 2.36. The van der Waals surface area contributed by atoms with Gasteiger partial charge in [0.15, 0.2) is 0 Å². The molecule has 0 unspecified atom stereocenters. The normalized spacial score (nSPS) is 10.5. The molecule has 1 aromatic carbocycles. The van der Waals surface area contributed by atoms with Crippen molar-refractivity contribution in [2.75, 3.05) is 0 Å². The number of nitro benzene ring substituents is 1. The zero-order valence-electron chi connectivity index (χ0n) is 6.43. The van der Waals surface area contributed by atoms with Gasteiger partial charge >= 0.3 is 5.69 Å². The molecule has 1 heterocycles. The van der Waals surface area contributed by atoms with Gasteiger partial charge in [-0.05, 0) is 17.5 Å². The molecule has 5 heteroatoms. The summed E-state index contributed by atoms with van der Waals surface area (Å²) in [6.45, 7) is 0. The van der Waals surface area contributed by atoms with E-state index in [0.717, 1.165) is 4.70 Å². The molecule has 66 valence electrons. The molecule has 0 saturated heterocycles. The van der Waals surface area contributed by atoms with E-state index in [2.05, 4.69) is 0 Å². The molecule has 0 saturated carbocycles. The molecule has 0 atom stereocenters. The molecule has 0 aliphatic rings. The Morgan fingerprint density at radius 2 is 2.15 bits per heavy atom. The summed E-state index contributed by atoms with van der Waals surface area (Å²) < 4.78 is 0.850. The molecule has 0 aliphatic heterocycles. The second kappa shape index (κ2) is 2.70. The number of hydrogen-bond acceptors (Lipinski definition) is 4. The van der Waals surface area contributed by atoms with Crippen molar-refractivity contribution in [2.45, 2.75) is 0 Å². The number of phenolic OH excluding ortho intramolecular Hbond substituents is 1. The third-order valence-electron chi connectivity index (χ3n) is 1.78. The maximum Gasteiger partial charge on any atom is 0.311 e. The first-order valence-corrected chi connectivity index (χ1v) is 4.41. The lowest BCUT2D eigenvalue weighted by molar-refractivity contribution is -0.385. The minimum Gasteiger partial charge on any atom is -0.502 e. The van der Waals surface area contributed by atoms with E-state index in [1.807, 2.05) is 0 Å². The average Bonchev–Trinajstić information content (AvgIpc) is 2.52. The van der Waals surface area contributed by atoms with Gasteiger partial charge in [0.2, 0.25) is 5.75 Å². The van der Waals surface area contributed by atoms with E-state index in [-0.39, 0.29) is 11.4 Å². The number of thiophene rings is 1. The van der Waals surface area contributed by atoms with Gasteiger partial charge in [-0.3, -0.25) is 10.1 Å². The van der Waals surface area contributed by atoms with Crippen LogP contribution >= 0.6 is 11.3 Å². The highest BCUT2D eigenvalue weighted by molar-refractivity contribution is 7.17. The molecule has 1 N–H and O–H groups in total. The zero-order chi connectivity index (χ0) is 9.42. The predicted molar refractivity (Wildman–Crippen MR) is 50.1 cm³/mol. The molecule has 1 aromatic heterocycles. The topological polar surface area (TPSA) is 63.4 Å². The van der Waals surface area contributed by atoms with E-state index in [9.17, 15) is 15.2 Å². The van der Waals surface area contributed by atoms with Crippen LogP contribution in [-0.4, -0.2) is 10.0 Å². The standard InChI is InChI=1S/C8H5NO3S/c10-8-5-3-4-13-7(5)2-1-6(8)9(11)12/h1-4,10H. The summed E-state index contributed by atoms with van der Waals surface area (Å²) in [5, 5.41) is 22.2. The van der Waals surface area contributed by atoms with Crippen molar-refractivity contribution in [2.24, 2.45) is 0 Å². The van der Waals surface area contributed by atoms with Crippen molar-refractivity contribution in [1.29, 1.82) is 0 Å². The van der Waals surface area contributed by atoms with Crippen molar-refractivity contribution in [1.82, 2.24) is 0 Å². The molecular formula is C8H5NO3S. The number of hydrogen-bond donors (Lipinski definition) is 1. The summed E-state index contributed by atoms with van der Waals surface area (Å²) in [5.41, 5.74) is -0.245. The first-order chi connectivity index (χ1) is 6.20. The Balaban J connectivity index is 2.80. The summed E-state index contributed by atoms with van der Waals surface area (Å²) in [4.78, 5) is 9.85. The molecule has 13 heavy (non-hydrogen) atoms. The van der Waals surface area contributed by atoms with E-state index in [1.54, 1.807) is 17.5 Å². The van der Waals surface area contributed by atoms with Crippen molar-refractivity contribution in [3.63, 3.8) is 0 Å². The number of phenols is 1. The SMILES string of the molecule is O=[N+]([O-])c1ccc2sccc2c1O. The van der Waals surface area contributed by atoms with Crippen LogP contribution in [0.15, 0.2) is 23.6 Å². The first-order valence-electron chi connectivity index (χ1n) is 3.53. The quantitative estimate of drug-likeness (QED) is 0.561. The lowest BCUT2D eigenvalue weighted by Crippen LogP contribution is -1.87. The second-order valence-corrected chi connectivity index (χ2v) is 3.47. The fourth-order valence-corrected chi connectivity index (χ4v) is 1.95. The Hall–Kier alpha value is -1.62. The summed E-state index contributed by atoms with van der Waals surface area (Å²) in [5.74, 6) is -0.247. The third kappa shape index (κ3) is 1.13. The van der Waals surface area contributed by atoms with Crippen molar-refractivity contribution in [3.05, 3.63) is 33.7 Å². The fraction of sp³-hybridized carbons (Fsp3) is 0. The van der Waals surface area contributed by atoms with Gasteiger partial charge in [-0.1, -0.05) is 0 Å². The van der Waals surface area contributed by atoms with Crippen LogP contribution in [0.2, 0.25) is 0 Å². The minimum atomic E-state index is -0.591. The Morgan fingerprint density at radius 1 is 1.38 bits per heavy atom. The van der Waals surface area contributed by atoms with E-state index < -0.39 is 4.92 Å². The first kappa shape index (κ1) is 8.00. The van der Waals surface area contributed by atoms with Gasteiger partial charge < -0.3 is 5.11 Å². The molecule has 4 nitrogen and oxygen atoms in total. The van der Waals surface area contributed by atoms with Crippen LogP contribution in [0, 0.1) is 10.1 Å². The number of nitro groups is 1. The van der Waals surface area contributed by atoms with Crippen molar-refractivity contribution in [3.8, 4) is 5.75 Å². The lowest BCUT2D eigenvalue weighted by atomic mass is 10.2. The monoisotopic (exact) mass is 195 g/mol. The van der Waals surface area contributed by atoms with Crippen molar-refractivity contribution < 1.29 is 10.0 Å². The largest absolute Gasteiger partial charge is 0.502 e. The van der Waals surface area contributed by atoms with Gasteiger partial charge in [0.25, 0.3) is 0 Å². The molecule has 0 spiro atoms. The van der Waals surface area contributed by atoms with E-state index in [1.165, 1.54) is 17.4 Å². The maximum atomic E-state index is 10.4. The third-order valence-corrected chi connectivity index (χ3v) is 2.66. The molecular weight excluding hydrogens is 190 g/mol. The van der Waals surface area contributed by atoms with Crippen LogP contribution in [0.4, 0.5) is 5.69 Å². The van der Waals surface area contributed by atoms with Crippen LogP contribution in [0.25, 0.3) is 10.1 Å². The zero-order valence-corrected chi connectivity index (χ0v) is 7.25. The Labute approximate surface area is 77.2 Å². The van der Waals surface area contributed by atoms with Crippen LogP contribution < -0.4 is 0 Å². The highest BCUT2D eigenvalue weighted by atomic mass is 32.1.